The van der Waals surface area contributed by atoms with Gasteiger partial charge in [0.2, 0.25) is 0 Å². The van der Waals surface area contributed by atoms with Crippen molar-refractivity contribution in [2.45, 2.75) is 160 Å². The Balaban J connectivity index is -0.000000180. The van der Waals surface area contributed by atoms with E-state index in [0.717, 1.165) is 107 Å². The molecular formula is C76H119BrCl3F3MgN20Na2O22. The Kier molecular flexibility index (Phi) is 77.7. The van der Waals surface area contributed by atoms with Gasteiger partial charge in [-0.25, -0.2) is 29.8 Å². The van der Waals surface area contributed by atoms with Crippen LogP contribution in [0.25, 0.3) is 17.5 Å². The molecule has 0 unspecified atom stereocenters. The van der Waals surface area contributed by atoms with E-state index >= 15 is 0 Å². The second-order valence-corrected chi connectivity index (χ2v) is 26.9. The van der Waals surface area contributed by atoms with Crippen LogP contribution in [0.15, 0.2) is 66.7 Å². The van der Waals surface area contributed by atoms with Gasteiger partial charge in [-0.1, -0.05) is 18.9 Å². The number of aliphatic hydroxyl groups is 1. The van der Waals surface area contributed by atoms with Crippen LogP contribution in [0.5, 0.6) is 0 Å². The van der Waals surface area contributed by atoms with E-state index < -0.39 is 34.7 Å². The largest absolute Gasteiger partial charge is 2.00 e. The monoisotopic (exact) mass is 1970 g/mol. The molecule has 8 aromatic rings. The van der Waals surface area contributed by atoms with Gasteiger partial charge in [0.15, 0.2) is 28.9 Å². The van der Waals surface area contributed by atoms with Gasteiger partial charge >= 0.3 is 106 Å². The number of alkyl carbamates (subject to hydrolysis) is 1. The van der Waals surface area contributed by atoms with Crippen LogP contribution >= 0.6 is 34.8 Å². The van der Waals surface area contributed by atoms with Crippen molar-refractivity contribution in [2.75, 3.05) is 100 Å². The van der Waals surface area contributed by atoms with E-state index in [1.54, 1.807) is 36.4 Å². The second kappa shape index (κ2) is 73.5. The topological polar surface area (TPSA) is 529 Å². The van der Waals surface area contributed by atoms with E-state index in [2.05, 4.69) is 91.2 Å². The molecule has 0 atom stereocenters. The number of nitrogen functional groups attached to an aromatic ring is 1. The molecule has 1 saturated heterocycles. The molecule has 0 radical (unpaired) electrons. The van der Waals surface area contributed by atoms with Gasteiger partial charge in [0.25, 0.3) is 30.1 Å². The zero-order valence-electron chi connectivity index (χ0n) is 78.3. The average molecular weight is 1980 g/mol. The molecule has 8 aromatic heterocycles. The van der Waals surface area contributed by atoms with Crippen LogP contribution in [0.1, 0.15) is 182 Å². The van der Waals surface area contributed by atoms with Gasteiger partial charge in [0.1, 0.15) is 45.8 Å². The summed E-state index contributed by atoms with van der Waals surface area (Å²) < 4.78 is 51.2. The molecule has 52 heteroatoms. The third kappa shape index (κ3) is 53.2. The van der Waals surface area contributed by atoms with Gasteiger partial charge in [0.05, 0.1) is 39.8 Å². The summed E-state index contributed by atoms with van der Waals surface area (Å²) in [6.07, 6.45) is -0.282. The SMILES string of the molecule is C1CCOC1.CC(=O)CCC(C)=O.CC(C)(C)OC(=O)NCCCl.CCCn1nc(-n2c(C)ccc2C)cc1C(=O)N(C)OC.CCCn1nc(-n2c(C)ccc2C)cc1C(C)=O.CO.CON(C)C(=O)c1cc(-n2c(C)ccc2C)n[nH]1.CON(C)C(=O)c1cc(N)n[nH]1.CON(C)C(=O)c1cc([N+](=O)[O-])[nH]n1.ClCCl.O=C(O)C(F)(F)F.O=CO[O-].[Br-].[CH3-].[H-].[Mg+2].[Na+].[Na+]. The van der Waals surface area contributed by atoms with Crippen molar-refractivity contribution in [3.8, 4) is 17.5 Å². The van der Waals surface area contributed by atoms with Crippen molar-refractivity contribution < 1.29 is 193 Å². The molecule has 0 aliphatic carbocycles. The molecular weight excluding hydrogens is 1860 g/mol. The first-order chi connectivity index (χ1) is 57.6. The summed E-state index contributed by atoms with van der Waals surface area (Å²) in [4.78, 5) is 138. The number of ether oxygens (including phenoxy) is 2. The summed E-state index contributed by atoms with van der Waals surface area (Å²) in [6, 6.07) is 20.1. The molecule has 708 valence electrons. The first kappa shape index (κ1) is 135. The van der Waals surface area contributed by atoms with E-state index in [-0.39, 0.29) is 172 Å². The van der Waals surface area contributed by atoms with Gasteiger partial charge in [-0.3, -0.25) is 67.7 Å². The fraction of sp³-hybridized carbons (Fsp3) is 0.500. The quantitative estimate of drug-likeness (QED) is 0.00688. The number of rotatable bonds is 23. The number of alkyl halides is 6. The maximum atomic E-state index is 12.4. The number of Topliss-reactive ketones (excluding diaryl/α,β-unsaturated/α-hetero) is 3. The maximum absolute atomic E-state index is 12.4. The first-order valence-electron chi connectivity index (χ1n) is 36.8. The molecule has 42 nitrogen and oxygen atoms in total. The molecule has 1 aliphatic heterocycles. The number of hydrogen-bond donors (Lipinski definition) is 7. The van der Waals surface area contributed by atoms with Gasteiger partial charge in [-0.05, 0) is 143 Å². The third-order valence-electron chi connectivity index (χ3n) is 15.0. The van der Waals surface area contributed by atoms with E-state index in [9.17, 15) is 61.6 Å². The van der Waals surface area contributed by atoms with Gasteiger partial charge in [-0.2, -0.15) is 33.6 Å². The minimum Gasteiger partial charge on any atom is -1.00 e. The van der Waals surface area contributed by atoms with Gasteiger partial charge < -0.3 is 100 Å². The number of halogens is 7. The first-order valence-corrected chi connectivity index (χ1v) is 38.4. The molecule has 128 heavy (non-hydrogen) atoms. The number of aromatic nitrogens is 13. The average Bonchev–Trinajstić information content (AvgIpc) is 1.66. The maximum Gasteiger partial charge on any atom is 2.00 e. The standard InChI is InChI=1S/C15H22N4O2.C14H19N3O.C12H16N4O2.C7H14ClNO2.C6H8N4O4.C6H10N4O2.C6H10O2.C4H8O.C2HF3O2.CH2Cl2.CH2O3.CH4O.CH3.BrH.Mg.2Na.H/c1-6-9-18-13(15(20)17(4)21-5)10-14(16-18)19-11(2)7-8-12(19)3;1-5-8-16-13(12(4)18)9-14(15-16)17-10(2)6-7-11(17)3;1-8-5-6-9(2)16(8)11-7-10(13-14-11)12(17)15(3)18-4;1-7(2,3)11-6(10)9-5-4-8;1-9(14-2)6(11)4-3-5(8-7-4)10(12)13;1-10(12-2)6(11)4-3-5(7)9-8-4;1-5(7)3-4-6(2)8;1-2-4-5-3-1;3-2(4,5)1(6)7;2-1-3;2-1-4-3;1-2;;;;;;/h7-8,10H,6,9H2,1-5H3;6-7,9H,5,8H2,1-4H3;5-7H,1-4H3,(H,13,14);4-5H2,1-3H3,(H,9,10);3H,1-2H3,(H,7,8);3H,1-2H3,(H3,7,8,9);3-4H2,1-2H3;1-4H2;(H,6,7);1H2;1,3H;2H,1H3;1H3;1H;;;;/q;;;;;;;;;;;;-1;;+2;2*+1;-1/p-2. The van der Waals surface area contributed by atoms with Crippen molar-refractivity contribution in [1.82, 2.24) is 89.4 Å². The predicted molar refractivity (Wildman–Crippen MR) is 459 cm³/mol. The van der Waals surface area contributed by atoms with E-state index in [0.29, 0.717) is 60.4 Å². The summed E-state index contributed by atoms with van der Waals surface area (Å²) in [7, 11) is 12.6. The van der Waals surface area contributed by atoms with Crippen molar-refractivity contribution in [2.24, 2.45) is 0 Å². The van der Waals surface area contributed by atoms with Gasteiger partial charge in [0, 0.05) is 152 Å². The Morgan fingerprint density at radius 2 is 0.969 bits per heavy atom. The number of hydroxylamine groups is 8. The van der Waals surface area contributed by atoms with Crippen LogP contribution in [-0.4, -0.2) is 288 Å². The van der Waals surface area contributed by atoms with E-state index in [1.165, 1.54) is 80.4 Å². The smallest absolute Gasteiger partial charge is 1.00 e. The van der Waals surface area contributed by atoms with Crippen LogP contribution < -0.4 is 92.4 Å². The number of carboxylic acid groups (broad SMARTS) is 1. The van der Waals surface area contributed by atoms with Crippen LogP contribution in [0.3, 0.4) is 0 Å². The number of nitrogens with zero attached hydrogens (tertiary/aromatic N) is 15. The molecule has 9 rings (SSSR count). The number of aliphatic carboxylic acids is 1. The molecule has 0 bridgehead atoms. The Hall–Kier alpha value is -8.18. The molecule has 9 heterocycles. The number of anilines is 1. The molecule has 1 fully saturated rings. The minimum atomic E-state index is -5.08. The molecule has 0 aromatic carbocycles. The number of aromatic amines is 3. The Bertz CT molecular complexity index is 4440. The van der Waals surface area contributed by atoms with Crippen molar-refractivity contribution in [3.63, 3.8) is 0 Å². The number of carboxylic acids is 1. The number of nitrogens with two attached hydrogens (primary N) is 1. The van der Waals surface area contributed by atoms with Crippen molar-refractivity contribution in [1.29, 1.82) is 0 Å². The number of hydrogen-bond acceptors (Lipinski definition) is 27. The number of nitro groups is 1. The van der Waals surface area contributed by atoms with Crippen LogP contribution in [0, 0.1) is 59.1 Å². The van der Waals surface area contributed by atoms with Crippen LogP contribution in [-0.2, 0) is 66.0 Å². The molecule has 8 N–H and O–H groups in total. The van der Waals surface area contributed by atoms with Crippen LogP contribution in [0.2, 0.25) is 0 Å². The van der Waals surface area contributed by atoms with Gasteiger partial charge in [-0.15, -0.1) is 39.9 Å². The number of nitrogens with one attached hydrogen (secondary N) is 4. The Morgan fingerprint density at radius 1 is 0.625 bits per heavy atom. The molecule has 5 amide bonds. The predicted octanol–water partition coefficient (Wildman–Crippen LogP) is 1.05. The normalized spacial score (nSPS) is 10.2. The number of carbonyl (C=O) groups is 10. The number of aryl methyl sites for hydroxylation is 8. The Labute approximate surface area is 829 Å². The fourth-order valence-electron chi connectivity index (χ4n) is 9.15. The summed E-state index contributed by atoms with van der Waals surface area (Å²) in [5.41, 5.74) is 13.3. The summed E-state index contributed by atoms with van der Waals surface area (Å²) in [5.74, 6) is -1.24. The summed E-state index contributed by atoms with van der Waals surface area (Å²) in [5, 5.41) is 67.5. The molecule has 0 saturated carbocycles. The van der Waals surface area contributed by atoms with Crippen LogP contribution in [0.4, 0.5) is 29.6 Å². The fourth-order valence-corrected chi connectivity index (χ4v) is 9.24. The summed E-state index contributed by atoms with van der Waals surface area (Å²) in [6.45, 7) is 30.0. The number of aliphatic hydroxyl groups excluding tert-OH is 1. The number of ketones is 3. The van der Waals surface area contributed by atoms with Crippen molar-refractivity contribution >= 4 is 129 Å². The minimum absolute atomic E-state index is 0. The second-order valence-electron chi connectivity index (χ2n) is 25.8. The third-order valence-corrected chi connectivity index (χ3v) is 15.2. The Morgan fingerprint density at radius 3 is 1.26 bits per heavy atom. The van der Waals surface area contributed by atoms with E-state index in [1.807, 2.05) is 108 Å². The molecule has 0 spiro atoms. The summed E-state index contributed by atoms with van der Waals surface area (Å²) >= 11 is 14.9. The number of carbonyl (C=O) groups excluding carboxylic acids is 9. The van der Waals surface area contributed by atoms with E-state index in [4.69, 9.17) is 84.7 Å². The van der Waals surface area contributed by atoms with Crippen molar-refractivity contribution in [3.05, 3.63) is 147 Å². The number of H-pyrrole nitrogens is 3. The number of amides is 5. The molecule has 1 aliphatic rings. The zero-order chi connectivity index (χ0) is 95.2. The zero-order valence-corrected chi connectivity index (χ0v) is 86.6.